The summed E-state index contributed by atoms with van der Waals surface area (Å²) >= 11 is 6.22. The Labute approximate surface area is 146 Å². The van der Waals surface area contributed by atoms with Crippen molar-refractivity contribution in [1.82, 2.24) is 15.0 Å². The van der Waals surface area contributed by atoms with Crippen LogP contribution < -0.4 is 4.90 Å². The summed E-state index contributed by atoms with van der Waals surface area (Å²) < 4.78 is 5.26. The van der Waals surface area contributed by atoms with Crippen LogP contribution in [0.2, 0.25) is 5.02 Å². The molecule has 1 aliphatic rings. The molecule has 0 N–H and O–H groups in total. The molecule has 1 fully saturated rings. The molecule has 1 atom stereocenters. The van der Waals surface area contributed by atoms with E-state index in [1.54, 1.807) is 11.0 Å². The number of amides is 1. The van der Waals surface area contributed by atoms with Crippen molar-refractivity contribution >= 4 is 23.2 Å². The Balaban J connectivity index is 1.67. The lowest BCUT2D eigenvalue weighted by Crippen LogP contribution is -2.39. The highest BCUT2D eigenvalue weighted by molar-refractivity contribution is 6.33. The lowest BCUT2D eigenvalue weighted by atomic mass is 10.2. The minimum absolute atomic E-state index is 0.0545. The van der Waals surface area contributed by atoms with Crippen molar-refractivity contribution < 1.29 is 9.32 Å². The monoisotopic (exact) mass is 348 g/mol. The lowest BCUT2D eigenvalue weighted by Gasteiger charge is -2.22. The summed E-state index contributed by atoms with van der Waals surface area (Å²) in [6, 6.07) is 7.22. The average Bonchev–Trinajstić information content (AvgIpc) is 3.15. The molecule has 2 aromatic rings. The van der Waals surface area contributed by atoms with Crippen LogP contribution >= 0.6 is 11.6 Å². The van der Waals surface area contributed by atoms with Crippen molar-refractivity contribution in [2.75, 3.05) is 18.5 Å². The predicted octanol–water partition coefficient (Wildman–Crippen LogP) is 2.91. The van der Waals surface area contributed by atoms with Crippen LogP contribution in [0.1, 0.15) is 31.5 Å². The summed E-state index contributed by atoms with van der Waals surface area (Å²) in [6.45, 7) is 3.19. The largest absolute Gasteiger partial charge is 0.338 e. The molecule has 1 saturated heterocycles. The summed E-state index contributed by atoms with van der Waals surface area (Å²) in [5.74, 6) is 1.32. The van der Waals surface area contributed by atoms with E-state index in [0.29, 0.717) is 24.0 Å². The number of hydrogen-bond donors (Lipinski definition) is 0. The minimum Gasteiger partial charge on any atom is -0.338 e. The van der Waals surface area contributed by atoms with Crippen LogP contribution in [0.25, 0.3) is 0 Å². The number of para-hydroxylation sites is 1. The molecule has 1 amide bonds. The van der Waals surface area contributed by atoms with Gasteiger partial charge in [0.1, 0.15) is 0 Å². The molecule has 1 aromatic carbocycles. The lowest BCUT2D eigenvalue weighted by molar-refractivity contribution is -0.121. The Morgan fingerprint density at radius 2 is 2.21 bits per heavy atom. The van der Waals surface area contributed by atoms with E-state index in [-0.39, 0.29) is 11.9 Å². The Hall–Kier alpha value is -1.92. The maximum Gasteiger partial charge on any atom is 0.244 e. The van der Waals surface area contributed by atoms with E-state index in [1.807, 2.05) is 30.1 Å². The zero-order valence-corrected chi connectivity index (χ0v) is 14.7. The normalized spacial score (nSPS) is 17.9. The second kappa shape index (κ2) is 7.32. The fourth-order valence-corrected chi connectivity index (χ4v) is 3.22. The van der Waals surface area contributed by atoms with E-state index >= 15 is 0 Å². The average molecular weight is 349 g/mol. The summed E-state index contributed by atoms with van der Waals surface area (Å²) in [6.07, 6.45) is 2.52. The standard InChI is InChI=1S/C17H21ClN4O2/c1-3-6-15-19-16(24-20-15)11-21(2)14-9-10-22(17(14)23)13-8-5-4-7-12(13)18/h4-5,7-8,14H,3,6,9-11H2,1-2H3. The van der Waals surface area contributed by atoms with Gasteiger partial charge in [0.2, 0.25) is 11.8 Å². The van der Waals surface area contributed by atoms with Gasteiger partial charge in [0.25, 0.3) is 0 Å². The molecule has 0 radical (unpaired) electrons. The zero-order valence-electron chi connectivity index (χ0n) is 13.9. The van der Waals surface area contributed by atoms with Gasteiger partial charge in [-0.3, -0.25) is 9.69 Å². The summed E-state index contributed by atoms with van der Waals surface area (Å²) in [4.78, 5) is 20.8. The minimum atomic E-state index is -0.206. The number of rotatable bonds is 6. The second-order valence-electron chi connectivity index (χ2n) is 6.02. The van der Waals surface area contributed by atoms with Gasteiger partial charge in [-0.15, -0.1) is 0 Å². The van der Waals surface area contributed by atoms with E-state index in [2.05, 4.69) is 17.1 Å². The van der Waals surface area contributed by atoms with Gasteiger partial charge < -0.3 is 9.42 Å². The molecule has 1 aromatic heterocycles. The van der Waals surface area contributed by atoms with E-state index in [9.17, 15) is 4.79 Å². The molecular formula is C17H21ClN4O2. The SMILES string of the molecule is CCCc1noc(CN(C)C2CCN(c3ccccc3Cl)C2=O)n1. The van der Waals surface area contributed by atoms with Gasteiger partial charge in [-0.2, -0.15) is 4.98 Å². The Morgan fingerprint density at radius 1 is 1.42 bits per heavy atom. The van der Waals surface area contributed by atoms with Gasteiger partial charge in [-0.1, -0.05) is 35.8 Å². The molecule has 6 nitrogen and oxygen atoms in total. The molecule has 1 unspecified atom stereocenters. The Morgan fingerprint density at radius 3 is 2.96 bits per heavy atom. The maximum atomic E-state index is 12.8. The third kappa shape index (κ3) is 3.44. The van der Waals surface area contributed by atoms with Gasteiger partial charge in [0.05, 0.1) is 23.3 Å². The van der Waals surface area contributed by atoms with Gasteiger partial charge >= 0.3 is 0 Å². The van der Waals surface area contributed by atoms with Crippen molar-refractivity contribution in [2.24, 2.45) is 0 Å². The number of aryl methyl sites for hydroxylation is 1. The number of aromatic nitrogens is 2. The number of carbonyl (C=O) groups excluding carboxylic acids is 1. The Bertz CT molecular complexity index is 718. The van der Waals surface area contributed by atoms with Crippen molar-refractivity contribution in [3.05, 3.63) is 41.0 Å². The first-order valence-electron chi connectivity index (χ1n) is 8.17. The number of halogens is 1. The molecule has 2 heterocycles. The molecule has 0 bridgehead atoms. The summed E-state index contributed by atoms with van der Waals surface area (Å²) in [5.41, 5.74) is 0.767. The van der Waals surface area contributed by atoms with Crippen LogP contribution in [0, 0.1) is 0 Å². The van der Waals surface area contributed by atoms with E-state index in [0.717, 1.165) is 30.8 Å². The van der Waals surface area contributed by atoms with Crippen molar-refractivity contribution in [3.8, 4) is 0 Å². The van der Waals surface area contributed by atoms with Crippen molar-refractivity contribution in [3.63, 3.8) is 0 Å². The van der Waals surface area contributed by atoms with E-state index in [4.69, 9.17) is 16.1 Å². The molecule has 1 aliphatic heterocycles. The van der Waals surface area contributed by atoms with Crippen LogP contribution in [-0.2, 0) is 17.8 Å². The summed E-state index contributed by atoms with van der Waals surface area (Å²) in [7, 11) is 1.91. The third-order valence-electron chi connectivity index (χ3n) is 4.22. The topological polar surface area (TPSA) is 62.5 Å². The molecule has 7 heteroatoms. The zero-order chi connectivity index (χ0) is 17.1. The highest BCUT2D eigenvalue weighted by atomic mass is 35.5. The number of likely N-dealkylation sites (N-methyl/N-ethyl adjacent to an activating group) is 1. The first-order chi connectivity index (χ1) is 11.6. The maximum absolute atomic E-state index is 12.8. The first kappa shape index (κ1) is 16.9. The quantitative estimate of drug-likeness (QED) is 0.803. The van der Waals surface area contributed by atoms with Crippen LogP contribution in [0.3, 0.4) is 0 Å². The smallest absolute Gasteiger partial charge is 0.244 e. The molecule has 3 rings (SSSR count). The number of benzene rings is 1. The molecule has 0 saturated carbocycles. The predicted molar refractivity (Wildman–Crippen MR) is 92.0 cm³/mol. The number of hydrogen-bond acceptors (Lipinski definition) is 5. The molecule has 0 spiro atoms. The van der Waals surface area contributed by atoms with E-state index in [1.165, 1.54) is 0 Å². The number of carbonyl (C=O) groups is 1. The second-order valence-corrected chi connectivity index (χ2v) is 6.42. The molecule has 0 aliphatic carbocycles. The highest BCUT2D eigenvalue weighted by Crippen LogP contribution is 2.30. The fraction of sp³-hybridized carbons (Fsp3) is 0.471. The number of nitrogens with zero attached hydrogens (tertiary/aromatic N) is 4. The van der Waals surface area contributed by atoms with Crippen molar-refractivity contribution in [1.29, 1.82) is 0 Å². The Kier molecular flexibility index (Phi) is 5.16. The van der Waals surface area contributed by atoms with Gasteiger partial charge in [0, 0.05) is 13.0 Å². The third-order valence-corrected chi connectivity index (χ3v) is 4.54. The highest BCUT2D eigenvalue weighted by Gasteiger charge is 2.36. The van der Waals surface area contributed by atoms with Gasteiger partial charge in [-0.05, 0) is 32.0 Å². The number of anilines is 1. The van der Waals surface area contributed by atoms with Gasteiger partial charge in [0.15, 0.2) is 5.82 Å². The van der Waals surface area contributed by atoms with E-state index < -0.39 is 0 Å². The van der Waals surface area contributed by atoms with Gasteiger partial charge in [-0.25, -0.2) is 0 Å². The molecule has 24 heavy (non-hydrogen) atoms. The van der Waals surface area contributed by atoms with Crippen molar-refractivity contribution in [2.45, 2.75) is 38.8 Å². The van der Waals surface area contributed by atoms with Crippen LogP contribution in [0.4, 0.5) is 5.69 Å². The van der Waals surface area contributed by atoms with Crippen LogP contribution in [0.15, 0.2) is 28.8 Å². The molecular weight excluding hydrogens is 328 g/mol. The molecule has 128 valence electrons. The van der Waals surface area contributed by atoms with Crippen LogP contribution in [0.5, 0.6) is 0 Å². The summed E-state index contributed by atoms with van der Waals surface area (Å²) in [5, 5.41) is 4.55. The fourth-order valence-electron chi connectivity index (χ4n) is 2.99. The first-order valence-corrected chi connectivity index (χ1v) is 8.55. The van der Waals surface area contributed by atoms with Crippen LogP contribution in [-0.4, -0.2) is 40.6 Å².